The minimum atomic E-state index is -1.43. The third-order valence-electron chi connectivity index (χ3n) is 11.9. The van der Waals surface area contributed by atoms with Gasteiger partial charge in [-0.25, -0.2) is 14.4 Å². The molecule has 0 aromatic heterocycles. The maximum atomic E-state index is 12.6. The number of ether oxygens (including phenoxy) is 3. The number of carbonyl (C=O) groups is 3. The van der Waals surface area contributed by atoms with Crippen LogP contribution < -0.4 is 5.32 Å². The molecule has 0 bridgehead atoms. The topological polar surface area (TPSA) is 111 Å². The number of carbonyl (C=O) groups excluding carboxylic acids is 2. The molecule has 44 heavy (non-hydrogen) atoms. The first-order chi connectivity index (χ1) is 20.5. The Kier molecular flexibility index (Phi) is 10.7. The summed E-state index contributed by atoms with van der Waals surface area (Å²) in [5, 5.41) is 11.7. The van der Waals surface area contributed by atoms with E-state index in [2.05, 4.69) is 46.0 Å². The van der Waals surface area contributed by atoms with Crippen molar-refractivity contribution >= 4 is 18.2 Å². The van der Waals surface area contributed by atoms with Crippen molar-refractivity contribution in [1.82, 2.24) is 5.32 Å². The molecule has 2 N–H and O–H groups in total. The van der Waals surface area contributed by atoms with Crippen LogP contribution >= 0.6 is 0 Å². The fraction of sp³-hybridized carbons (Fsp3) is 0.861. The molecule has 0 aromatic carbocycles. The average Bonchev–Trinajstić information content (AvgIpc) is 3.27. The van der Waals surface area contributed by atoms with Crippen LogP contribution in [0.15, 0.2) is 11.6 Å². The van der Waals surface area contributed by atoms with Gasteiger partial charge in [-0.15, -0.1) is 0 Å². The number of allylic oxidation sites excluding steroid dienone is 1. The van der Waals surface area contributed by atoms with Gasteiger partial charge in [0.15, 0.2) is 6.04 Å². The number of carboxylic acid groups (broad SMARTS) is 1. The second kappa shape index (κ2) is 13.6. The Bertz CT molecular complexity index is 1080. The lowest BCUT2D eigenvalue weighted by atomic mass is 9.47. The molecule has 1 unspecified atom stereocenters. The summed E-state index contributed by atoms with van der Waals surface area (Å²) in [6.45, 7) is 16.8. The van der Waals surface area contributed by atoms with E-state index in [1.165, 1.54) is 50.5 Å². The van der Waals surface area contributed by atoms with Gasteiger partial charge in [-0.2, -0.15) is 0 Å². The van der Waals surface area contributed by atoms with Crippen LogP contribution in [0.2, 0.25) is 0 Å². The molecular weight excluding hydrogens is 558 g/mol. The van der Waals surface area contributed by atoms with E-state index in [1.54, 1.807) is 20.8 Å². The summed E-state index contributed by atoms with van der Waals surface area (Å²) in [5.41, 5.74) is 1.23. The van der Waals surface area contributed by atoms with E-state index in [0.717, 1.165) is 48.9 Å². The molecule has 4 aliphatic carbocycles. The number of aliphatic carboxylic acids is 1. The second-order valence-corrected chi connectivity index (χ2v) is 16.4. The summed E-state index contributed by atoms with van der Waals surface area (Å²) in [7, 11) is 0. The summed E-state index contributed by atoms with van der Waals surface area (Å²) < 4.78 is 15.9. The van der Waals surface area contributed by atoms with Gasteiger partial charge in [-0.1, -0.05) is 65.5 Å². The van der Waals surface area contributed by atoms with Gasteiger partial charge >= 0.3 is 18.2 Å². The highest BCUT2D eigenvalue weighted by atomic mass is 16.7. The average molecular weight is 618 g/mol. The number of hydrogen-bond acceptors (Lipinski definition) is 6. The van der Waals surface area contributed by atoms with Crippen LogP contribution in [-0.4, -0.2) is 47.7 Å². The second-order valence-electron chi connectivity index (χ2n) is 16.4. The lowest BCUT2D eigenvalue weighted by Gasteiger charge is -2.58. The largest absolute Gasteiger partial charge is 0.508 e. The van der Waals surface area contributed by atoms with Crippen molar-refractivity contribution in [2.45, 2.75) is 144 Å². The van der Waals surface area contributed by atoms with Crippen molar-refractivity contribution in [2.24, 2.45) is 46.3 Å². The zero-order valence-corrected chi connectivity index (χ0v) is 28.6. The van der Waals surface area contributed by atoms with Crippen LogP contribution in [-0.2, 0) is 19.0 Å². The first kappa shape index (κ1) is 34.6. The third kappa shape index (κ3) is 7.75. The highest BCUT2D eigenvalue weighted by Crippen LogP contribution is 2.67. The third-order valence-corrected chi connectivity index (χ3v) is 11.9. The van der Waals surface area contributed by atoms with Crippen molar-refractivity contribution in [3.8, 4) is 0 Å². The van der Waals surface area contributed by atoms with Crippen molar-refractivity contribution < 1.29 is 33.7 Å². The van der Waals surface area contributed by atoms with E-state index in [-0.39, 0.29) is 11.5 Å². The predicted octanol–water partition coefficient (Wildman–Crippen LogP) is 8.53. The van der Waals surface area contributed by atoms with E-state index in [4.69, 9.17) is 14.2 Å². The van der Waals surface area contributed by atoms with Crippen LogP contribution in [0.4, 0.5) is 9.59 Å². The lowest BCUT2D eigenvalue weighted by Crippen LogP contribution is -2.51. The Morgan fingerprint density at radius 3 is 2.41 bits per heavy atom. The van der Waals surface area contributed by atoms with E-state index in [9.17, 15) is 19.5 Å². The SMILES string of the molecule is CC(C)CCC[C@H](C)[C@@H]1CC[C@@H]2[C@H]3CC=C4CC(OC(=O)OC[C@H](NC(=O)OC(C)(C)C)C(=O)O)CC[C@@]4(C)[C@@H]3CC[C@]21C. The predicted molar refractivity (Wildman–Crippen MR) is 170 cm³/mol. The minimum Gasteiger partial charge on any atom is -0.480 e. The lowest BCUT2D eigenvalue weighted by molar-refractivity contribution is -0.140. The molecule has 1 amide bonds. The smallest absolute Gasteiger partial charge is 0.480 e. The maximum Gasteiger partial charge on any atom is 0.508 e. The van der Waals surface area contributed by atoms with Gasteiger partial charge in [0.25, 0.3) is 0 Å². The molecule has 0 spiro atoms. The molecule has 0 aliphatic heterocycles. The molecule has 250 valence electrons. The van der Waals surface area contributed by atoms with Gasteiger partial charge in [0.1, 0.15) is 18.3 Å². The van der Waals surface area contributed by atoms with Crippen LogP contribution in [0.3, 0.4) is 0 Å². The zero-order valence-electron chi connectivity index (χ0n) is 28.6. The monoisotopic (exact) mass is 617 g/mol. The summed E-state index contributed by atoms with van der Waals surface area (Å²) in [4.78, 5) is 36.2. The van der Waals surface area contributed by atoms with E-state index in [1.807, 2.05) is 0 Å². The fourth-order valence-corrected chi connectivity index (χ4v) is 9.70. The van der Waals surface area contributed by atoms with Crippen molar-refractivity contribution in [1.29, 1.82) is 0 Å². The Hall–Kier alpha value is -2.25. The quantitative estimate of drug-likeness (QED) is 0.187. The van der Waals surface area contributed by atoms with Crippen LogP contribution in [0.5, 0.6) is 0 Å². The molecule has 0 radical (unpaired) electrons. The van der Waals surface area contributed by atoms with Crippen LogP contribution in [0, 0.1) is 46.3 Å². The minimum absolute atomic E-state index is 0.140. The van der Waals surface area contributed by atoms with Gasteiger partial charge in [0.05, 0.1) is 0 Å². The Morgan fingerprint density at radius 1 is 1.02 bits per heavy atom. The first-order valence-electron chi connectivity index (χ1n) is 17.3. The molecule has 0 aromatic rings. The van der Waals surface area contributed by atoms with Gasteiger partial charge in [0.2, 0.25) is 0 Å². The van der Waals surface area contributed by atoms with Crippen molar-refractivity contribution in [3.63, 3.8) is 0 Å². The number of fused-ring (bicyclic) bond motifs is 5. The fourth-order valence-electron chi connectivity index (χ4n) is 9.70. The molecule has 4 aliphatic rings. The van der Waals surface area contributed by atoms with Gasteiger partial charge in [0, 0.05) is 6.42 Å². The van der Waals surface area contributed by atoms with Crippen molar-refractivity contribution in [2.75, 3.05) is 6.61 Å². The summed E-state index contributed by atoms with van der Waals surface area (Å²) in [5.74, 6) is 3.33. The molecule has 8 heteroatoms. The Labute approximate surface area is 265 Å². The highest BCUT2D eigenvalue weighted by molar-refractivity contribution is 5.80. The van der Waals surface area contributed by atoms with Crippen LogP contribution in [0.1, 0.15) is 126 Å². The number of carboxylic acids is 1. The maximum absolute atomic E-state index is 12.6. The molecule has 3 saturated carbocycles. The number of nitrogens with one attached hydrogen (secondary N) is 1. The van der Waals surface area contributed by atoms with E-state index >= 15 is 0 Å². The Morgan fingerprint density at radius 2 is 1.75 bits per heavy atom. The standard InChI is InChI=1S/C36H59NO7/c1-22(2)10-9-11-23(3)27-14-15-28-26-13-12-24-20-25(16-18-35(24,7)29(26)17-19-36(27,28)8)43-33(41)42-21-30(31(38)39)37-32(40)44-34(4,5)6/h12,22-23,25-30H,9-11,13-21H2,1-8H3,(H,37,40)(H,38,39)/t23-,25?,26+,27-,28+,29+,30-,35+,36-/m0/s1. The Balaban J connectivity index is 1.32. The number of amides is 1. The number of alkyl carbamates (subject to hydrolysis) is 1. The molecule has 0 saturated heterocycles. The summed E-state index contributed by atoms with van der Waals surface area (Å²) in [6, 6.07) is -1.43. The molecule has 4 rings (SSSR count). The molecular formula is C36H59NO7. The van der Waals surface area contributed by atoms with E-state index < -0.39 is 36.5 Å². The van der Waals surface area contributed by atoms with E-state index in [0.29, 0.717) is 17.8 Å². The molecule has 3 fully saturated rings. The van der Waals surface area contributed by atoms with Crippen LogP contribution in [0.25, 0.3) is 0 Å². The number of rotatable bonds is 10. The van der Waals surface area contributed by atoms with Gasteiger partial charge in [-0.05, 0) is 112 Å². The van der Waals surface area contributed by atoms with Gasteiger partial charge < -0.3 is 24.6 Å². The molecule has 0 heterocycles. The highest BCUT2D eigenvalue weighted by Gasteiger charge is 2.59. The van der Waals surface area contributed by atoms with Gasteiger partial charge in [-0.3, -0.25) is 0 Å². The van der Waals surface area contributed by atoms with Crippen molar-refractivity contribution in [3.05, 3.63) is 11.6 Å². The first-order valence-corrected chi connectivity index (χ1v) is 17.3. The zero-order chi connectivity index (χ0) is 32.4. The summed E-state index contributed by atoms with van der Waals surface area (Å²) in [6.07, 6.45) is 13.4. The molecule has 8 nitrogen and oxygen atoms in total. The number of hydrogen-bond donors (Lipinski definition) is 2. The molecule has 9 atom stereocenters. The summed E-state index contributed by atoms with van der Waals surface area (Å²) >= 11 is 0. The normalized spacial score (nSPS) is 34.5.